The van der Waals surface area contributed by atoms with Crippen molar-refractivity contribution in [3.63, 3.8) is 0 Å². The molecule has 2 N–H and O–H groups in total. The number of carboxylic acid groups (broad SMARTS) is 1. The van der Waals surface area contributed by atoms with Gasteiger partial charge in [-0.3, -0.25) is 0 Å². The molecule has 1 aromatic carbocycles. The van der Waals surface area contributed by atoms with E-state index in [1.165, 1.54) is 12.1 Å². The highest BCUT2D eigenvalue weighted by atomic mass is 35.5. The monoisotopic (exact) mass is 376 g/mol. The number of likely N-dealkylation sites (tertiary alicyclic amines) is 1. The van der Waals surface area contributed by atoms with Gasteiger partial charge in [0.15, 0.2) is 0 Å². The summed E-state index contributed by atoms with van der Waals surface area (Å²) in [4.78, 5) is 13.0. The molecule has 0 aromatic heterocycles. The van der Waals surface area contributed by atoms with Crippen LogP contribution in [0.5, 0.6) is 0 Å². The third-order valence-electron chi connectivity index (χ3n) is 4.01. The molecule has 1 aliphatic rings. The largest absolute Gasteiger partial charge is 0.478 e. The number of nitrogens with one attached hydrogen (secondary N) is 1. The van der Waals surface area contributed by atoms with E-state index in [-0.39, 0.29) is 21.4 Å². The number of carboxylic acids is 1. The SMILES string of the molecule is COCCN1CC[C@H](CNS(=O)(=O)c2cc(C(=O)O)ccc2Cl)C1. The van der Waals surface area contributed by atoms with Crippen molar-refractivity contribution in [1.82, 2.24) is 9.62 Å². The van der Waals surface area contributed by atoms with Crippen LogP contribution in [0.2, 0.25) is 5.02 Å². The summed E-state index contributed by atoms with van der Waals surface area (Å²) in [7, 11) is -2.21. The number of ether oxygens (including phenoxy) is 1. The number of rotatable bonds is 8. The number of hydrogen-bond donors (Lipinski definition) is 2. The fourth-order valence-corrected chi connectivity index (χ4v) is 4.29. The lowest BCUT2D eigenvalue weighted by atomic mass is 10.1. The summed E-state index contributed by atoms with van der Waals surface area (Å²) in [6.07, 6.45) is 0.898. The minimum atomic E-state index is -3.86. The maximum absolute atomic E-state index is 12.4. The summed E-state index contributed by atoms with van der Waals surface area (Å²) in [6, 6.07) is 3.63. The van der Waals surface area contributed by atoms with E-state index in [0.717, 1.165) is 32.1 Å². The molecule has 0 radical (unpaired) electrons. The topological polar surface area (TPSA) is 95.9 Å². The first kappa shape index (κ1) is 19.1. The third kappa shape index (κ3) is 4.90. The minimum Gasteiger partial charge on any atom is -0.478 e. The molecule has 1 aliphatic heterocycles. The molecule has 0 saturated carbocycles. The number of benzene rings is 1. The van der Waals surface area contributed by atoms with Crippen LogP contribution < -0.4 is 4.72 Å². The molecule has 0 spiro atoms. The Labute approximate surface area is 146 Å². The minimum absolute atomic E-state index is 0.000595. The second-order valence-corrected chi connectivity index (χ2v) is 7.89. The lowest BCUT2D eigenvalue weighted by Crippen LogP contribution is -2.32. The Kier molecular flexibility index (Phi) is 6.59. The third-order valence-corrected chi connectivity index (χ3v) is 5.92. The zero-order chi connectivity index (χ0) is 17.7. The number of methoxy groups -OCH3 is 1. The standard InChI is InChI=1S/C15H21ClN2O5S/c1-23-7-6-18-5-4-11(10-18)9-17-24(21,22)14-8-12(15(19)20)2-3-13(14)16/h2-3,8,11,17H,4-7,9-10H2,1H3,(H,19,20)/t11-/m1/s1. The Balaban J connectivity index is 2.00. The van der Waals surface area contributed by atoms with Crippen LogP contribution in [0.25, 0.3) is 0 Å². The summed E-state index contributed by atoms with van der Waals surface area (Å²) < 4.78 is 32.4. The highest BCUT2D eigenvalue weighted by Gasteiger charge is 2.25. The van der Waals surface area contributed by atoms with Gasteiger partial charge >= 0.3 is 5.97 Å². The molecule has 0 bridgehead atoms. The van der Waals surface area contributed by atoms with Crippen molar-refractivity contribution < 1.29 is 23.1 Å². The van der Waals surface area contributed by atoms with Crippen LogP contribution in [0.15, 0.2) is 23.1 Å². The van der Waals surface area contributed by atoms with E-state index in [1.807, 2.05) is 0 Å². The molecule has 0 aliphatic carbocycles. The second kappa shape index (κ2) is 8.26. The van der Waals surface area contributed by atoms with Gasteiger partial charge in [0.2, 0.25) is 10.0 Å². The van der Waals surface area contributed by atoms with Crippen molar-refractivity contribution in [2.45, 2.75) is 11.3 Å². The van der Waals surface area contributed by atoms with Gasteiger partial charge in [0, 0.05) is 26.7 Å². The normalized spacial score (nSPS) is 18.8. The zero-order valence-electron chi connectivity index (χ0n) is 13.4. The molecule has 1 atom stereocenters. The smallest absolute Gasteiger partial charge is 0.335 e. The quantitative estimate of drug-likeness (QED) is 0.709. The molecule has 24 heavy (non-hydrogen) atoms. The Morgan fingerprint density at radius 1 is 1.50 bits per heavy atom. The lowest BCUT2D eigenvalue weighted by molar-refractivity contribution is 0.0696. The molecular weight excluding hydrogens is 356 g/mol. The van der Waals surface area contributed by atoms with E-state index >= 15 is 0 Å². The van der Waals surface area contributed by atoms with Crippen LogP contribution in [-0.4, -0.2) is 64.3 Å². The van der Waals surface area contributed by atoms with Gasteiger partial charge in [-0.2, -0.15) is 0 Å². The fraction of sp³-hybridized carbons (Fsp3) is 0.533. The van der Waals surface area contributed by atoms with Crippen molar-refractivity contribution in [3.8, 4) is 0 Å². The molecule has 7 nitrogen and oxygen atoms in total. The van der Waals surface area contributed by atoms with Crippen LogP contribution in [0.1, 0.15) is 16.8 Å². The summed E-state index contributed by atoms with van der Waals surface area (Å²) in [5.41, 5.74) is -0.119. The lowest BCUT2D eigenvalue weighted by Gasteiger charge is -2.16. The molecule has 1 aromatic rings. The average molecular weight is 377 g/mol. The Morgan fingerprint density at radius 3 is 2.92 bits per heavy atom. The first-order valence-corrected chi connectivity index (χ1v) is 9.43. The van der Waals surface area contributed by atoms with Gasteiger partial charge in [0.25, 0.3) is 0 Å². The number of hydrogen-bond acceptors (Lipinski definition) is 5. The molecule has 134 valence electrons. The summed E-state index contributed by atoms with van der Waals surface area (Å²) in [6.45, 7) is 3.47. The van der Waals surface area contributed by atoms with E-state index in [1.54, 1.807) is 7.11 Å². The van der Waals surface area contributed by atoms with E-state index in [2.05, 4.69) is 9.62 Å². The molecule has 1 saturated heterocycles. The highest BCUT2D eigenvalue weighted by molar-refractivity contribution is 7.89. The van der Waals surface area contributed by atoms with Crippen molar-refractivity contribution in [3.05, 3.63) is 28.8 Å². The molecule has 1 fully saturated rings. The van der Waals surface area contributed by atoms with E-state index in [9.17, 15) is 13.2 Å². The van der Waals surface area contributed by atoms with E-state index < -0.39 is 16.0 Å². The maximum Gasteiger partial charge on any atom is 0.335 e. The predicted octanol–water partition coefficient (Wildman–Crippen LogP) is 1.28. The fourth-order valence-electron chi connectivity index (χ4n) is 2.65. The predicted molar refractivity (Wildman–Crippen MR) is 90.0 cm³/mol. The number of nitrogens with zero attached hydrogens (tertiary/aromatic N) is 1. The van der Waals surface area contributed by atoms with Crippen molar-refractivity contribution in [2.75, 3.05) is 39.9 Å². The van der Waals surface area contributed by atoms with Gasteiger partial charge in [0.1, 0.15) is 4.90 Å². The molecule has 0 amide bonds. The average Bonchev–Trinajstić information content (AvgIpc) is 2.99. The van der Waals surface area contributed by atoms with E-state index in [4.69, 9.17) is 21.4 Å². The van der Waals surface area contributed by atoms with Gasteiger partial charge in [-0.05, 0) is 37.1 Å². The van der Waals surface area contributed by atoms with Gasteiger partial charge in [-0.25, -0.2) is 17.9 Å². The van der Waals surface area contributed by atoms with Gasteiger partial charge in [-0.15, -0.1) is 0 Å². The first-order chi connectivity index (χ1) is 11.3. The highest BCUT2D eigenvalue weighted by Crippen LogP contribution is 2.23. The van der Waals surface area contributed by atoms with Crippen molar-refractivity contribution >= 4 is 27.6 Å². The molecule has 1 heterocycles. The molecule has 0 unspecified atom stereocenters. The summed E-state index contributed by atoms with van der Waals surface area (Å²) in [5.74, 6) is -0.995. The zero-order valence-corrected chi connectivity index (χ0v) is 14.9. The van der Waals surface area contributed by atoms with Crippen LogP contribution in [0.3, 0.4) is 0 Å². The van der Waals surface area contributed by atoms with Crippen molar-refractivity contribution in [2.24, 2.45) is 5.92 Å². The first-order valence-electron chi connectivity index (χ1n) is 7.57. The second-order valence-electron chi connectivity index (χ2n) is 5.75. The van der Waals surface area contributed by atoms with Crippen LogP contribution in [0, 0.1) is 5.92 Å². The van der Waals surface area contributed by atoms with Gasteiger partial charge in [-0.1, -0.05) is 11.6 Å². The summed E-state index contributed by atoms with van der Waals surface area (Å²) in [5, 5.41) is 8.99. The molecular formula is C15H21ClN2O5S. The number of halogens is 1. The molecule has 2 rings (SSSR count). The Hall–Kier alpha value is -1.19. The van der Waals surface area contributed by atoms with Crippen LogP contribution in [0.4, 0.5) is 0 Å². The Bertz CT molecular complexity index is 695. The van der Waals surface area contributed by atoms with Gasteiger partial charge in [0.05, 0.1) is 17.2 Å². The summed E-state index contributed by atoms with van der Waals surface area (Å²) >= 11 is 5.93. The maximum atomic E-state index is 12.4. The van der Waals surface area contributed by atoms with Gasteiger partial charge < -0.3 is 14.7 Å². The number of aromatic carboxylic acids is 1. The van der Waals surface area contributed by atoms with Crippen LogP contribution in [-0.2, 0) is 14.8 Å². The van der Waals surface area contributed by atoms with E-state index in [0.29, 0.717) is 13.2 Å². The Morgan fingerprint density at radius 2 is 2.25 bits per heavy atom. The van der Waals surface area contributed by atoms with Crippen LogP contribution >= 0.6 is 11.6 Å². The number of sulfonamides is 1. The van der Waals surface area contributed by atoms with Crippen molar-refractivity contribution in [1.29, 1.82) is 0 Å². The molecule has 9 heteroatoms. The number of carbonyl (C=O) groups is 1.